The fourth-order valence-corrected chi connectivity index (χ4v) is 2.34. The average Bonchev–Trinajstić information content (AvgIpc) is 2.48. The molecule has 5 heteroatoms. The van der Waals surface area contributed by atoms with Crippen molar-refractivity contribution in [2.45, 2.75) is 78.8 Å². The Labute approximate surface area is 122 Å². The molecule has 1 heterocycles. The van der Waals surface area contributed by atoms with E-state index in [0.717, 1.165) is 0 Å². The fourth-order valence-electron chi connectivity index (χ4n) is 2.34. The van der Waals surface area contributed by atoms with Gasteiger partial charge in [-0.25, -0.2) is 4.79 Å². The molecule has 0 aromatic rings. The fraction of sp³-hybridized carbons (Fsp3) is 0.933. The molecule has 1 aliphatic heterocycles. The van der Waals surface area contributed by atoms with Crippen LogP contribution in [0.25, 0.3) is 0 Å². The van der Waals surface area contributed by atoms with Crippen LogP contribution in [0, 0.1) is 5.41 Å². The van der Waals surface area contributed by atoms with Crippen molar-refractivity contribution in [1.29, 1.82) is 0 Å². The summed E-state index contributed by atoms with van der Waals surface area (Å²) in [6.07, 6.45) is -0.371. The van der Waals surface area contributed by atoms with Gasteiger partial charge in [0.2, 0.25) is 0 Å². The summed E-state index contributed by atoms with van der Waals surface area (Å²) in [5, 5.41) is 0. The van der Waals surface area contributed by atoms with Crippen molar-refractivity contribution in [2.24, 2.45) is 11.1 Å². The Morgan fingerprint density at radius 3 is 2.20 bits per heavy atom. The van der Waals surface area contributed by atoms with E-state index in [-0.39, 0.29) is 23.6 Å². The molecule has 1 fully saturated rings. The van der Waals surface area contributed by atoms with Gasteiger partial charge in [-0.2, -0.15) is 0 Å². The number of ether oxygens (including phenoxy) is 2. The van der Waals surface area contributed by atoms with Crippen LogP contribution in [-0.2, 0) is 9.47 Å². The summed E-state index contributed by atoms with van der Waals surface area (Å²) >= 11 is 0. The van der Waals surface area contributed by atoms with Crippen LogP contribution in [0.5, 0.6) is 0 Å². The van der Waals surface area contributed by atoms with Gasteiger partial charge in [0.1, 0.15) is 11.3 Å². The first kappa shape index (κ1) is 17.2. The van der Waals surface area contributed by atoms with Gasteiger partial charge in [-0.3, -0.25) is 4.90 Å². The van der Waals surface area contributed by atoms with Gasteiger partial charge in [-0.15, -0.1) is 0 Å². The number of hydrogen-bond donors (Lipinski definition) is 1. The molecule has 1 saturated heterocycles. The first-order valence-electron chi connectivity index (χ1n) is 7.17. The second-order valence-corrected chi connectivity index (χ2v) is 8.07. The van der Waals surface area contributed by atoms with Crippen molar-refractivity contribution in [1.82, 2.24) is 4.90 Å². The molecular formula is C15H30N2O3. The summed E-state index contributed by atoms with van der Waals surface area (Å²) in [4.78, 5) is 14.1. The molecule has 2 N–H and O–H groups in total. The largest absolute Gasteiger partial charge is 0.444 e. The molecular weight excluding hydrogens is 256 g/mol. The predicted molar refractivity (Wildman–Crippen MR) is 79.3 cm³/mol. The lowest BCUT2D eigenvalue weighted by Gasteiger charge is -2.40. The summed E-state index contributed by atoms with van der Waals surface area (Å²) in [5.74, 6) is 0. The van der Waals surface area contributed by atoms with Crippen molar-refractivity contribution in [3.63, 3.8) is 0 Å². The molecule has 1 rings (SSSR count). The monoisotopic (exact) mass is 286 g/mol. The lowest BCUT2D eigenvalue weighted by molar-refractivity contribution is -0.0643. The minimum atomic E-state index is -0.699. The van der Waals surface area contributed by atoms with Gasteiger partial charge < -0.3 is 15.2 Å². The molecule has 118 valence electrons. The van der Waals surface area contributed by atoms with E-state index >= 15 is 0 Å². The number of nitrogens with two attached hydrogens (primary N) is 1. The molecule has 0 radical (unpaired) electrons. The van der Waals surface area contributed by atoms with Crippen molar-refractivity contribution >= 4 is 6.09 Å². The molecule has 0 spiro atoms. The van der Waals surface area contributed by atoms with Gasteiger partial charge in [0.15, 0.2) is 0 Å². The zero-order chi connectivity index (χ0) is 15.9. The minimum absolute atomic E-state index is 0.116. The topological polar surface area (TPSA) is 64.8 Å². The molecule has 2 atom stereocenters. The highest BCUT2D eigenvalue weighted by molar-refractivity contribution is 5.70. The van der Waals surface area contributed by atoms with Crippen molar-refractivity contribution in [3.05, 3.63) is 0 Å². The zero-order valence-electron chi connectivity index (χ0n) is 14.1. The lowest BCUT2D eigenvalue weighted by atomic mass is 9.82. The van der Waals surface area contributed by atoms with Crippen molar-refractivity contribution in [3.8, 4) is 0 Å². The van der Waals surface area contributed by atoms with Gasteiger partial charge >= 0.3 is 6.09 Å². The standard InChI is InChI=1S/C15H30N2O3/c1-13(2,3)11(16)10-9-19-15(7,8)17(10)12(18)20-14(4,5)6/h10-11H,9,16H2,1-8H3. The van der Waals surface area contributed by atoms with E-state index in [1.54, 1.807) is 4.90 Å². The molecule has 0 saturated carbocycles. The van der Waals surface area contributed by atoms with Crippen LogP contribution in [0.2, 0.25) is 0 Å². The molecule has 20 heavy (non-hydrogen) atoms. The van der Waals surface area contributed by atoms with E-state index in [1.807, 2.05) is 34.6 Å². The van der Waals surface area contributed by atoms with Crippen LogP contribution >= 0.6 is 0 Å². The maximum absolute atomic E-state index is 12.5. The average molecular weight is 286 g/mol. The highest BCUT2D eigenvalue weighted by Crippen LogP contribution is 2.34. The van der Waals surface area contributed by atoms with Crippen molar-refractivity contribution in [2.75, 3.05) is 6.61 Å². The first-order valence-corrected chi connectivity index (χ1v) is 7.17. The number of amides is 1. The first-order chi connectivity index (χ1) is 8.76. The molecule has 1 aliphatic rings. The van der Waals surface area contributed by atoms with E-state index in [0.29, 0.717) is 6.61 Å². The Balaban J connectivity index is 3.00. The summed E-state index contributed by atoms with van der Waals surface area (Å²) in [7, 11) is 0. The molecule has 0 aromatic heterocycles. The highest BCUT2D eigenvalue weighted by Gasteiger charge is 2.49. The third-order valence-corrected chi connectivity index (χ3v) is 3.52. The van der Waals surface area contributed by atoms with Crippen LogP contribution in [0.1, 0.15) is 55.4 Å². The van der Waals surface area contributed by atoms with E-state index in [1.165, 1.54) is 0 Å². The van der Waals surface area contributed by atoms with E-state index < -0.39 is 11.3 Å². The number of nitrogens with zero attached hydrogens (tertiary/aromatic N) is 1. The summed E-state index contributed by atoms with van der Waals surface area (Å²) in [5.41, 5.74) is 4.99. The maximum Gasteiger partial charge on any atom is 0.412 e. The van der Waals surface area contributed by atoms with E-state index in [9.17, 15) is 4.79 Å². The summed E-state index contributed by atoms with van der Waals surface area (Å²) < 4.78 is 11.3. The number of carbonyl (C=O) groups excluding carboxylic acids is 1. The van der Waals surface area contributed by atoms with Crippen LogP contribution in [0.15, 0.2) is 0 Å². The smallest absolute Gasteiger partial charge is 0.412 e. The molecule has 0 bridgehead atoms. The normalized spacial score (nSPS) is 24.6. The Bertz CT molecular complexity index is 366. The zero-order valence-corrected chi connectivity index (χ0v) is 14.1. The van der Waals surface area contributed by atoms with Gasteiger partial charge in [-0.1, -0.05) is 20.8 Å². The van der Waals surface area contributed by atoms with Crippen LogP contribution in [0.4, 0.5) is 4.79 Å². The van der Waals surface area contributed by atoms with Crippen LogP contribution in [0.3, 0.4) is 0 Å². The summed E-state index contributed by atoms with van der Waals surface area (Å²) in [6, 6.07) is -0.364. The molecule has 2 unspecified atom stereocenters. The SMILES string of the molecule is CC(C)(C)OC(=O)N1C(C(N)C(C)(C)C)COC1(C)C. The predicted octanol–water partition coefficient (Wildman–Crippen LogP) is 2.73. The lowest BCUT2D eigenvalue weighted by Crippen LogP contribution is -2.58. The van der Waals surface area contributed by atoms with Crippen LogP contribution in [-0.4, -0.2) is 41.0 Å². The quantitative estimate of drug-likeness (QED) is 0.805. The Morgan fingerprint density at radius 2 is 1.80 bits per heavy atom. The third kappa shape index (κ3) is 3.85. The highest BCUT2D eigenvalue weighted by atomic mass is 16.6. The second-order valence-electron chi connectivity index (χ2n) is 8.07. The minimum Gasteiger partial charge on any atom is -0.444 e. The Hall–Kier alpha value is -0.810. The van der Waals surface area contributed by atoms with E-state index in [2.05, 4.69) is 20.8 Å². The maximum atomic E-state index is 12.5. The van der Waals surface area contributed by atoms with Gasteiger partial charge in [0.25, 0.3) is 0 Å². The molecule has 0 aromatic carbocycles. The second kappa shape index (κ2) is 5.19. The van der Waals surface area contributed by atoms with Gasteiger partial charge in [0.05, 0.1) is 12.6 Å². The number of rotatable bonds is 1. The molecule has 5 nitrogen and oxygen atoms in total. The molecule has 0 aliphatic carbocycles. The summed E-state index contributed by atoms with van der Waals surface area (Å²) in [6.45, 7) is 15.9. The Morgan fingerprint density at radius 1 is 1.30 bits per heavy atom. The Kier molecular flexibility index (Phi) is 4.47. The van der Waals surface area contributed by atoms with Gasteiger partial charge in [0, 0.05) is 6.04 Å². The van der Waals surface area contributed by atoms with Gasteiger partial charge in [-0.05, 0) is 40.0 Å². The van der Waals surface area contributed by atoms with Crippen LogP contribution < -0.4 is 5.73 Å². The van der Waals surface area contributed by atoms with E-state index in [4.69, 9.17) is 15.2 Å². The molecule has 1 amide bonds. The number of carbonyl (C=O) groups is 1. The van der Waals surface area contributed by atoms with Crippen molar-refractivity contribution < 1.29 is 14.3 Å². The number of hydrogen-bond acceptors (Lipinski definition) is 4. The third-order valence-electron chi connectivity index (χ3n) is 3.52.